The fourth-order valence-corrected chi connectivity index (χ4v) is 3.30. The molecule has 5 nitrogen and oxygen atoms in total. The summed E-state index contributed by atoms with van der Waals surface area (Å²) >= 11 is 0. The summed E-state index contributed by atoms with van der Waals surface area (Å²) < 4.78 is 0. The molecule has 0 aromatic carbocycles. The highest BCUT2D eigenvalue weighted by Gasteiger charge is 2.33. The zero-order chi connectivity index (χ0) is 13.8. The molecule has 0 aromatic heterocycles. The number of hydrogen-bond donors (Lipinski definition) is 2. The van der Waals surface area contributed by atoms with Gasteiger partial charge in [0, 0.05) is 25.6 Å². The predicted octanol–water partition coefficient (Wildman–Crippen LogP) is 0.631. The largest absolute Gasteiger partial charge is 0.353 e. The number of nitrogens with two attached hydrogens (primary N) is 1. The van der Waals surface area contributed by atoms with E-state index < -0.39 is 0 Å². The maximum absolute atomic E-state index is 12.4. The molecule has 1 saturated carbocycles. The second-order valence-corrected chi connectivity index (χ2v) is 5.80. The van der Waals surface area contributed by atoms with Crippen molar-refractivity contribution in [3.63, 3.8) is 0 Å². The van der Waals surface area contributed by atoms with Crippen LogP contribution in [0.4, 0.5) is 0 Å². The van der Waals surface area contributed by atoms with Crippen LogP contribution in [0.1, 0.15) is 45.4 Å². The summed E-state index contributed by atoms with van der Waals surface area (Å²) in [5.74, 6) is 0.516. The van der Waals surface area contributed by atoms with E-state index in [1.54, 1.807) is 4.90 Å². The number of carbonyl (C=O) groups excluding carboxylic acids is 2. The second kappa shape index (κ2) is 6.37. The van der Waals surface area contributed by atoms with Crippen molar-refractivity contribution in [3.8, 4) is 0 Å². The van der Waals surface area contributed by atoms with Crippen LogP contribution in [0.3, 0.4) is 0 Å². The van der Waals surface area contributed by atoms with Gasteiger partial charge >= 0.3 is 0 Å². The van der Waals surface area contributed by atoms with Crippen molar-refractivity contribution in [2.24, 2.45) is 11.7 Å². The standard InChI is InChI=1S/C14H25N3O2/c1-2-12-14(19)16-6-7-17(12)13(18)9-10-4-3-5-11(15)8-10/h10-12H,2-9,15H2,1H3,(H,16,19). The van der Waals surface area contributed by atoms with Crippen molar-refractivity contribution in [1.29, 1.82) is 0 Å². The van der Waals surface area contributed by atoms with Gasteiger partial charge in [-0.2, -0.15) is 0 Å². The van der Waals surface area contributed by atoms with Crippen LogP contribution in [0.5, 0.6) is 0 Å². The van der Waals surface area contributed by atoms with E-state index in [-0.39, 0.29) is 23.9 Å². The molecule has 0 aromatic rings. The van der Waals surface area contributed by atoms with Crippen LogP contribution in [-0.2, 0) is 9.59 Å². The zero-order valence-corrected chi connectivity index (χ0v) is 11.7. The second-order valence-electron chi connectivity index (χ2n) is 5.80. The molecule has 1 aliphatic heterocycles. The van der Waals surface area contributed by atoms with Crippen molar-refractivity contribution in [3.05, 3.63) is 0 Å². The minimum atomic E-state index is -0.279. The topological polar surface area (TPSA) is 75.4 Å². The number of nitrogens with zero attached hydrogens (tertiary/aromatic N) is 1. The van der Waals surface area contributed by atoms with Crippen molar-refractivity contribution in [2.75, 3.05) is 13.1 Å². The van der Waals surface area contributed by atoms with Gasteiger partial charge in [0.25, 0.3) is 0 Å². The number of amides is 2. The smallest absolute Gasteiger partial charge is 0.242 e. The maximum Gasteiger partial charge on any atom is 0.242 e. The molecule has 3 unspecified atom stereocenters. The van der Waals surface area contributed by atoms with Gasteiger partial charge in [0.2, 0.25) is 11.8 Å². The molecule has 1 heterocycles. The normalized spacial score (nSPS) is 32.0. The van der Waals surface area contributed by atoms with Crippen LogP contribution in [-0.4, -0.2) is 41.9 Å². The van der Waals surface area contributed by atoms with Gasteiger partial charge < -0.3 is 16.0 Å². The highest BCUT2D eigenvalue weighted by Crippen LogP contribution is 2.27. The predicted molar refractivity (Wildman–Crippen MR) is 73.4 cm³/mol. The number of nitrogens with one attached hydrogen (secondary N) is 1. The molecule has 2 fully saturated rings. The van der Waals surface area contributed by atoms with E-state index in [2.05, 4.69) is 5.32 Å². The average molecular weight is 267 g/mol. The molecule has 2 amide bonds. The Morgan fingerprint density at radius 1 is 1.47 bits per heavy atom. The van der Waals surface area contributed by atoms with Crippen LogP contribution in [0.15, 0.2) is 0 Å². The maximum atomic E-state index is 12.4. The van der Waals surface area contributed by atoms with Crippen LogP contribution in [0.2, 0.25) is 0 Å². The van der Waals surface area contributed by atoms with E-state index in [0.717, 1.165) is 25.7 Å². The van der Waals surface area contributed by atoms with Gasteiger partial charge in [0.05, 0.1) is 0 Å². The van der Waals surface area contributed by atoms with E-state index >= 15 is 0 Å². The van der Waals surface area contributed by atoms with Crippen LogP contribution < -0.4 is 11.1 Å². The molecule has 2 rings (SSSR count). The Bertz CT molecular complexity index is 346. The van der Waals surface area contributed by atoms with E-state index in [0.29, 0.717) is 31.8 Å². The van der Waals surface area contributed by atoms with Gasteiger partial charge in [-0.3, -0.25) is 9.59 Å². The lowest BCUT2D eigenvalue weighted by atomic mass is 9.84. The Balaban J connectivity index is 1.92. The summed E-state index contributed by atoms with van der Waals surface area (Å²) in [5.41, 5.74) is 5.97. The molecule has 1 aliphatic carbocycles. The van der Waals surface area contributed by atoms with Crippen molar-refractivity contribution >= 4 is 11.8 Å². The number of hydrogen-bond acceptors (Lipinski definition) is 3. The average Bonchev–Trinajstić information content (AvgIpc) is 2.38. The first-order chi connectivity index (χ1) is 9.11. The van der Waals surface area contributed by atoms with Gasteiger partial charge in [-0.05, 0) is 31.6 Å². The SMILES string of the molecule is CCC1C(=O)NCCN1C(=O)CC1CCCC(N)C1. The van der Waals surface area contributed by atoms with Gasteiger partial charge in [-0.25, -0.2) is 0 Å². The number of carbonyl (C=O) groups is 2. The Labute approximate surface area is 114 Å². The first-order valence-electron chi connectivity index (χ1n) is 7.44. The minimum absolute atomic E-state index is 0.0116. The summed E-state index contributed by atoms with van der Waals surface area (Å²) in [7, 11) is 0. The molecule has 3 N–H and O–H groups in total. The van der Waals surface area contributed by atoms with Crippen molar-refractivity contribution < 1.29 is 9.59 Å². The fourth-order valence-electron chi connectivity index (χ4n) is 3.30. The monoisotopic (exact) mass is 267 g/mol. The molecule has 0 bridgehead atoms. The van der Waals surface area contributed by atoms with Crippen molar-refractivity contribution in [1.82, 2.24) is 10.2 Å². The molecule has 0 spiro atoms. The molecule has 3 atom stereocenters. The fraction of sp³-hybridized carbons (Fsp3) is 0.857. The molecule has 2 aliphatic rings. The van der Waals surface area contributed by atoms with E-state index in [1.165, 1.54) is 0 Å². The summed E-state index contributed by atoms with van der Waals surface area (Å²) in [5, 5.41) is 2.83. The molecular weight excluding hydrogens is 242 g/mol. The Morgan fingerprint density at radius 2 is 2.26 bits per heavy atom. The van der Waals surface area contributed by atoms with Crippen molar-refractivity contribution in [2.45, 2.75) is 57.5 Å². The molecule has 19 heavy (non-hydrogen) atoms. The van der Waals surface area contributed by atoms with E-state index in [1.807, 2.05) is 6.92 Å². The minimum Gasteiger partial charge on any atom is -0.353 e. The highest BCUT2D eigenvalue weighted by atomic mass is 16.2. The Hall–Kier alpha value is -1.10. The Kier molecular flexibility index (Phi) is 4.80. The van der Waals surface area contributed by atoms with Crippen LogP contribution >= 0.6 is 0 Å². The zero-order valence-electron chi connectivity index (χ0n) is 11.7. The third kappa shape index (κ3) is 3.47. The molecule has 108 valence electrons. The first-order valence-corrected chi connectivity index (χ1v) is 7.44. The number of rotatable bonds is 3. The van der Waals surface area contributed by atoms with Gasteiger partial charge in [-0.1, -0.05) is 13.3 Å². The van der Waals surface area contributed by atoms with Crippen LogP contribution in [0.25, 0.3) is 0 Å². The summed E-state index contributed by atoms with van der Waals surface area (Å²) in [6.45, 7) is 3.17. The molecular formula is C14H25N3O2. The third-order valence-corrected chi connectivity index (χ3v) is 4.32. The Morgan fingerprint density at radius 3 is 2.95 bits per heavy atom. The lowest BCUT2D eigenvalue weighted by Crippen LogP contribution is -2.57. The van der Waals surface area contributed by atoms with Crippen LogP contribution in [0, 0.1) is 5.92 Å². The number of piperazine rings is 1. The van der Waals surface area contributed by atoms with Gasteiger partial charge in [0.15, 0.2) is 0 Å². The molecule has 5 heteroatoms. The lowest BCUT2D eigenvalue weighted by molar-refractivity contribution is -0.144. The summed E-state index contributed by atoms with van der Waals surface area (Å²) in [6, 6.07) is -0.0308. The van der Waals surface area contributed by atoms with E-state index in [4.69, 9.17) is 5.73 Å². The lowest BCUT2D eigenvalue weighted by Gasteiger charge is -2.36. The van der Waals surface area contributed by atoms with Gasteiger partial charge in [-0.15, -0.1) is 0 Å². The summed E-state index contributed by atoms with van der Waals surface area (Å²) in [6.07, 6.45) is 5.48. The highest BCUT2D eigenvalue weighted by molar-refractivity contribution is 5.88. The third-order valence-electron chi connectivity index (χ3n) is 4.32. The van der Waals surface area contributed by atoms with Gasteiger partial charge in [0.1, 0.15) is 6.04 Å². The molecule has 1 saturated heterocycles. The molecule has 0 radical (unpaired) electrons. The summed E-state index contributed by atoms with van der Waals surface area (Å²) in [4.78, 5) is 25.9. The quantitative estimate of drug-likeness (QED) is 0.787. The first kappa shape index (κ1) is 14.3. The van der Waals surface area contributed by atoms with E-state index in [9.17, 15) is 9.59 Å².